The second-order valence-corrected chi connectivity index (χ2v) is 4.59. The third kappa shape index (κ3) is 1.59. The number of imidazole rings is 1. The van der Waals surface area contributed by atoms with Crippen LogP contribution in [0.5, 0.6) is 0 Å². The van der Waals surface area contributed by atoms with Crippen molar-refractivity contribution in [2.75, 3.05) is 6.61 Å². The molecule has 0 bridgehead atoms. The molecule has 0 spiro atoms. The molecule has 17 heavy (non-hydrogen) atoms. The van der Waals surface area contributed by atoms with E-state index in [1.165, 1.54) is 0 Å². The van der Waals surface area contributed by atoms with E-state index in [-0.39, 0.29) is 5.97 Å². The van der Waals surface area contributed by atoms with Gasteiger partial charge in [-0.15, -0.1) is 0 Å². The molecule has 0 fully saturated rings. The lowest BCUT2D eigenvalue weighted by Crippen LogP contribution is -2.03. The lowest BCUT2D eigenvalue weighted by atomic mass is 10.2. The van der Waals surface area contributed by atoms with Gasteiger partial charge >= 0.3 is 5.97 Å². The first-order valence-electron chi connectivity index (χ1n) is 5.32. The molecule has 0 aliphatic rings. The fraction of sp³-hybridized carbons (Fsp3) is 0.167. The zero-order valence-electron chi connectivity index (χ0n) is 9.21. The Balaban J connectivity index is 2.15. The molecule has 0 aliphatic heterocycles. The molecule has 2 heterocycles. The largest absolute Gasteiger partial charge is 0.462 e. The summed E-state index contributed by atoms with van der Waals surface area (Å²) in [7, 11) is 0. The van der Waals surface area contributed by atoms with Gasteiger partial charge in [0.15, 0.2) is 4.96 Å². The van der Waals surface area contributed by atoms with Crippen molar-refractivity contribution in [3.8, 4) is 0 Å². The number of nitrogens with zero attached hydrogens (tertiary/aromatic N) is 2. The van der Waals surface area contributed by atoms with Crippen molar-refractivity contribution in [3.63, 3.8) is 0 Å². The number of fused-ring (bicyclic) bond motifs is 3. The van der Waals surface area contributed by atoms with Gasteiger partial charge in [0.05, 0.1) is 22.4 Å². The highest BCUT2D eigenvalue weighted by molar-refractivity contribution is 7.23. The Kier molecular flexibility index (Phi) is 2.33. The number of hydrogen-bond acceptors (Lipinski definition) is 4. The van der Waals surface area contributed by atoms with Gasteiger partial charge in [0.25, 0.3) is 0 Å². The van der Waals surface area contributed by atoms with E-state index in [0.717, 1.165) is 15.2 Å². The van der Waals surface area contributed by atoms with Crippen LogP contribution in [0.2, 0.25) is 0 Å². The molecule has 3 rings (SSSR count). The minimum Gasteiger partial charge on any atom is -0.462 e. The summed E-state index contributed by atoms with van der Waals surface area (Å²) in [4.78, 5) is 16.8. The maximum absolute atomic E-state index is 11.6. The third-order valence-electron chi connectivity index (χ3n) is 2.54. The number of benzene rings is 1. The molecule has 3 aromatic rings. The molecule has 0 amide bonds. The van der Waals surface area contributed by atoms with Crippen molar-refractivity contribution in [2.45, 2.75) is 6.92 Å². The highest BCUT2D eigenvalue weighted by Crippen LogP contribution is 2.26. The second kappa shape index (κ2) is 3.85. The van der Waals surface area contributed by atoms with E-state index in [0.29, 0.717) is 12.2 Å². The van der Waals surface area contributed by atoms with Crippen LogP contribution in [-0.2, 0) is 4.74 Å². The molecule has 0 radical (unpaired) electrons. The number of ether oxygens (including phenoxy) is 1. The molecular weight excluding hydrogens is 236 g/mol. The monoisotopic (exact) mass is 246 g/mol. The van der Waals surface area contributed by atoms with E-state index in [1.807, 2.05) is 22.7 Å². The van der Waals surface area contributed by atoms with Crippen LogP contribution in [0.1, 0.15) is 17.3 Å². The minimum atomic E-state index is -0.277. The standard InChI is InChI=1S/C12H10N2O2S/c1-2-16-11(15)8-3-4-9-10(7-8)17-12-13-5-6-14(9)12/h3-7H,2H2,1H3. The molecule has 0 unspecified atom stereocenters. The predicted octanol–water partition coefficient (Wildman–Crippen LogP) is 2.73. The summed E-state index contributed by atoms with van der Waals surface area (Å²) < 4.78 is 8.02. The topological polar surface area (TPSA) is 43.6 Å². The molecule has 1 aromatic carbocycles. The zero-order valence-corrected chi connectivity index (χ0v) is 10.0. The maximum Gasteiger partial charge on any atom is 0.338 e. The number of carbonyl (C=O) groups is 1. The molecule has 2 aromatic heterocycles. The van der Waals surface area contributed by atoms with Crippen molar-refractivity contribution < 1.29 is 9.53 Å². The average Bonchev–Trinajstić information content (AvgIpc) is 2.88. The van der Waals surface area contributed by atoms with Crippen LogP contribution < -0.4 is 0 Å². The number of hydrogen-bond donors (Lipinski definition) is 0. The lowest BCUT2D eigenvalue weighted by Gasteiger charge is -2.01. The Bertz CT molecular complexity index is 699. The fourth-order valence-electron chi connectivity index (χ4n) is 1.78. The van der Waals surface area contributed by atoms with Gasteiger partial charge < -0.3 is 4.74 Å². The maximum atomic E-state index is 11.6. The highest BCUT2D eigenvalue weighted by atomic mass is 32.1. The lowest BCUT2D eigenvalue weighted by molar-refractivity contribution is 0.0526. The van der Waals surface area contributed by atoms with Crippen LogP contribution in [-0.4, -0.2) is 22.0 Å². The first kappa shape index (κ1) is 10.3. The molecule has 0 N–H and O–H groups in total. The zero-order chi connectivity index (χ0) is 11.8. The van der Waals surface area contributed by atoms with E-state index in [1.54, 1.807) is 30.5 Å². The number of aromatic nitrogens is 2. The van der Waals surface area contributed by atoms with Gasteiger partial charge in [0.2, 0.25) is 0 Å². The van der Waals surface area contributed by atoms with Crippen LogP contribution in [0.15, 0.2) is 30.6 Å². The van der Waals surface area contributed by atoms with Crippen molar-refractivity contribution in [1.29, 1.82) is 0 Å². The summed E-state index contributed by atoms with van der Waals surface area (Å²) in [6, 6.07) is 5.56. The Hall–Kier alpha value is -1.88. The Morgan fingerprint density at radius 3 is 3.24 bits per heavy atom. The van der Waals surface area contributed by atoms with Gasteiger partial charge in [0, 0.05) is 12.4 Å². The van der Waals surface area contributed by atoms with Gasteiger partial charge in [-0.2, -0.15) is 0 Å². The summed E-state index contributed by atoms with van der Waals surface area (Å²) in [6.07, 6.45) is 3.68. The molecule has 0 saturated carbocycles. The molecule has 5 heteroatoms. The summed E-state index contributed by atoms with van der Waals surface area (Å²) in [5.41, 5.74) is 1.65. The average molecular weight is 246 g/mol. The number of rotatable bonds is 2. The first-order chi connectivity index (χ1) is 8.29. The SMILES string of the molecule is CCOC(=O)c1ccc2c(c1)sc1nccn12. The van der Waals surface area contributed by atoms with E-state index < -0.39 is 0 Å². The molecule has 86 valence electrons. The van der Waals surface area contributed by atoms with Gasteiger partial charge in [-0.25, -0.2) is 9.78 Å². The van der Waals surface area contributed by atoms with Gasteiger partial charge in [0.1, 0.15) is 0 Å². The quantitative estimate of drug-likeness (QED) is 0.653. The Morgan fingerprint density at radius 1 is 1.53 bits per heavy atom. The summed E-state index contributed by atoms with van der Waals surface area (Å²) >= 11 is 1.56. The van der Waals surface area contributed by atoms with Gasteiger partial charge in [-0.1, -0.05) is 11.3 Å². The van der Waals surface area contributed by atoms with Crippen LogP contribution in [0.3, 0.4) is 0 Å². The first-order valence-corrected chi connectivity index (χ1v) is 6.14. The van der Waals surface area contributed by atoms with E-state index in [4.69, 9.17) is 4.74 Å². The smallest absolute Gasteiger partial charge is 0.338 e. The van der Waals surface area contributed by atoms with Crippen LogP contribution >= 0.6 is 11.3 Å². The van der Waals surface area contributed by atoms with Crippen molar-refractivity contribution >= 4 is 32.5 Å². The molecule has 0 saturated heterocycles. The molecule has 0 aliphatic carbocycles. The van der Waals surface area contributed by atoms with Gasteiger partial charge in [-0.3, -0.25) is 4.40 Å². The normalized spacial score (nSPS) is 11.1. The van der Waals surface area contributed by atoms with Crippen LogP contribution in [0.25, 0.3) is 15.2 Å². The predicted molar refractivity (Wildman–Crippen MR) is 66.5 cm³/mol. The summed E-state index contributed by atoms with van der Waals surface area (Å²) in [5, 5.41) is 0. The second-order valence-electron chi connectivity index (χ2n) is 3.58. The number of esters is 1. The Labute approximate surface area is 101 Å². The summed E-state index contributed by atoms with van der Waals surface area (Å²) in [6.45, 7) is 2.19. The molecular formula is C12H10N2O2S. The highest BCUT2D eigenvalue weighted by Gasteiger charge is 2.10. The van der Waals surface area contributed by atoms with E-state index in [9.17, 15) is 4.79 Å². The number of carbonyl (C=O) groups excluding carboxylic acids is 1. The Morgan fingerprint density at radius 2 is 2.41 bits per heavy atom. The van der Waals surface area contributed by atoms with Crippen molar-refractivity contribution in [1.82, 2.24) is 9.38 Å². The van der Waals surface area contributed by atoms with Crippen LogP contribution in [0.4, 0.5) is 0 Å². The van der Waals surface area contributed by atoms with Crippen molar-refractivity contribution in [3.05, 3.63) is 36.2 Å². The minimum absolute atomic E-state index is 0.277. The van der Waals surface area contributed by atoms with Crippen LogP contribution in [0, 0.1) is 0 Å². The summed E-state index contributed by atoms with van der Waals surface area (Å²) in [5.74, 6) is -0.277. The molecule has 4 nitrogen and oxygen atoms in total. The number of thiazole rings is 1. The van der Waals surface area contributed by atoms with Crippen molar-refractivity contribution in [2.24, 2.45) is 0 Å². The van der Waals surface area contributed by atoms with E-state index in [2.05, 4.69) is 4.98 Å². The van der Waals surface area contributed by atoms with Gasteiger partial charge in [-0.05, 0) is 25.1 Å². The third-order valence-corrected chi connectivity index (χ3v) is 3.57. The fourth-order valence-corrected chi connectivity index (χ4v) is 2.81. The van der Waals surface area contributed by atoms with E-state index >= 15 is 0 Å². The molecule has 0 atom stereocenters.